The molecule has 4 unspecified atom stereocenters. The van der Waals surface area contributed by atoms with Crippen LogP contribution in [0, 0.1) is 11.3 Å². The van der Waals surface area contributed by atoms with Gasteiger partial charge in [0.25, 0.3) is 0 Å². The zero-order chi connectivity index (χ0) is 14.8. The Hall–Kier alpha value is -0.0800. The Labute approximate surface area is 126 Å². The normalized spacial score (nSPS) is 37.6. The largest absolute Gasteiger partial charge is 0.326 e. The van der Waals surface area contributed by atoms with Crippen molar-refractivity contribution in [2.75, 3.05) is 6.54 Å². The number of likely N-dealkylation sites (tertiary alicyclic amines) is 1. The van der Waals surface area contributed by atoms with Crippen LogP contribution in [0.1, 0.15) is 79.1 Å². The lowest BCUT2D eigenvalue weighted by Gasteiger charge is -2.47. The van der Waals surface area contributed by atoms with E-state index in [1.807, 2.05) is 0 Å². The molecule has 1 aliphatic carbocycles. The van der Waals surface area contributed by atoms with Crippen molar-refractivity contribution in [3.05, 3.63) is 0 Å². The molecule has 2 heteroatoms. The van der Waals surface area contributed by atoms with E-state index < -0.39 is 0 Å². The standard InChI is InChI=1S/C18H36N2/c1-5-18(3,4)15-10-11-16(19)17(13-15)20-12-8-6-7-9-14(20)2/h14-17H,5-13,19H2,1-4H3. The van der Waals surface area contributed by atoms with Gasteiger partial charge in [0.2, 0.25) is 0 Å². The minimum absolute atomic E-state index is 0.402. The molecule has 0 radical (unpaired) electrons. The average molecular weight is 280 g/mol. The van der Waals surface area contributed by atoms with Crippen molar-refractivity contribution in [1.82, 2.24) is 4.90 Å². The van der Waals surface area contributed by atoms with E-state index in [1.54, 1.807) is 0 Å². The highest BCUT2D eigenvalue weighted by Crippen LogP contribution is 2.42. The van der Waals surface area contributed by atoms with Gasteiger partial charge in [-0.2, -0.15) is 0 Å². The molecule has 1 saturated heterocycles. The van der Waals surface area contributed by atoms with Crippen molar-refractivity contribution in [2.24, 2.45) is 17.1 Å². The predicted molar refractivity (Wildman–Crippen MR) is 87.8 cm³/mol. The summed E-state index contributed by atoms with van der Waals surface area (Å²) in [5.41, 5.74) is 7.01. The van der Waals surface area contributed by atoms with Gasteiger partial charge in [0.05, 0.1) is 0 Å². The van der Waals surface area contributed by atoms with Crippen molar-refractivity contribution < 1.29 is 0 Å². The molecule has 0 aromatic carbocycles. The van der Waals surface area contributed by atoms with E-state index in [2.05, 4.69) is 32.6 Å². The first-order chi connectivity index (χ1) is 9.45. The molecule has 2 fully saturated rings. The molecule has 2 rings (SSSR count). The molecule has 1 aliphatic heterocycles. The maximum Gasteiger partial charge on any atom is 0.0252 e. The number of rotatable bonds is 3. The van der Waals surface area contributed by atoms with Crippen molar-refractivity contribution in [3.8, 4) is 0 Å². The van der Waals surface area contributed by atoms with Gasteiger partial charge in [-0.3, -0.25) is 4.90 Å². The number of nitrogens with zero attached hydrogens (tertiary/aromatic N) is 1. The molecule has 2 nitrogen and oxygen atoms in total. The van der Waals surface area contributed by atoms with E-state index >= 15 is 0 Å². The third-order valence-electron chi connectivity index (χ3n) is 6.42. The van der Waals surface area contributed by atoms with E-state index in [1.165, 1.54) is 57.9 Å². The van der Waals surface area contributed by atoms with Crippen LogP contribution in [0.5, 0.6) is 0 Å². The molecular weight excluding hydrogens is 244 g/mol. The van der Waals surface area contributed by atoms with Gasteiger partial charge < -0.3 is 5.73 Å². The fraction of sp³-hybridized carbons (Fsp3) is 1.00. The van der Waals surface area contributed by atoms with Crippen LogP contribution in [0.4, 0.5) is 0 Å². The summed E-state index contributed by atoms with van der Waals surface area (Å²) in [6, 6.07) is 1.77. The van der Waals surface area contributed by atoms with Gasteiger partial charge in [-0.15, -0.1) is 0 Å². The summed E-state index contributed by atoms with van der Waals surface area (Å²) >= 11 is 0. The first-order valence-electron chi connectivity index (χ1n) is 8.97. The summed E-state index contributed by atoms with van der Waals surface area (Å²) in [6.07, 6.45) is 10.7. The number of nitrogens with two attached hydrogens (primary N) is 1. The number of hydrogen-bond acceptors (Lipinski definition) is 2. The maximum absolute atomic E-state index is 6.53. The minimum Gasteiger partial charge on any atom is -0.326 e. The lowest BCUT2D eigenvalue weighted by atomic mass is 9.67. The molecule has 0 amide bonds. The molecule has 0 aromatic rings. The second-order valence-electron chi connectivity index (χ2n) is 8.02. The first-order valence-corrected chi connectivity index (χ1v) is 8.97. The Morgan fingerprint density at radius 1 is 1.10 bits per heavy atom. The van der Waals surface area contributed by atoms with Crippen LogP contribution in [-0.4, -0.2) is 29.6 Å². The SMILES string of the molecule is CCC(C)(C)C1CCC(N)C(N2CCCCCC2C)C1. The fourth-order valence-electron chi connectivity index (χ4n) is 4.34. The summed E-state index contributed by atoms with van der Waals surface area (Å²) < 4.78 is 0. The number of hydrogen-bond donors (Lipinski definition) is 1. The molecule has 0 aromatic heterocycles. The third kappa shape index (κ3) is 3.57. The van der Waals surface area contributed by atoms with Crippen molar-refractivity contribution in [3.63, 3.8) is 0 Å². The molecule has 1 saturated carbocycles. The van der Waals surface area contributed by atoms with Gasteiger partial charge in [0.1, 0.15) is 0 Å². The second-order valence-corrected chi connectivity index (χ2v) is 8.02. The van der Waals surface area contributed by atoms with E-state index in [0.717, 1.165) is 12.0 Å². The zero-order valence-corrected chi connectivity index (χ0v) is 14.2. The molecule has 4 atom stereocenters. The summed E-state index contributed by atoms with van der Waals surface area (Å²) in [5, 5.41) is 0. The van der Waals surface area contributed by atoms with Gasteiger partial charge in [-0.05, 0) is 56.9 Å². The van der Waals surface area contributed by atoms with Gasteiger partial charge in [0.15, 0.2) is 0 Å². The van der Waals surface area contributed by atoms with E-state index in [0.29, 0.717) is 17.5 Å². The van der Waals surface area contributed by atoms with Gasteiger partial charge in [-0.1, -0.05) is 40.0 Å². The average Bonchev–Trinajstić information content (AvgIpc) is 2.64. The molecule has 1 heterocycles. The van der Waals surface area contributed by atoms with Crippen LogP contribution in [0.2, 0.25) is 0 Å². The van der Waals surface area contributed by atoms with Gasteiger partial charge >= 0.3 is 0 Å². The Morgan fingerprint density at radius 3 is 2.55 bits per heavy atom. The van der Waals surface area contributed by atoms with Crippen LogP contribution >= 0.6 is 0 Å². The lowest BCUT2D eigenvalue weighted by Crippen LogP contribution is -2.55. The molecule has 2 aliphatic rings. The minimum atomic E-state index is 0.402. The highest BCUT2D eigenvalue weighted by molar-refractivity contribution is 4.95. The van der Waals surface area contributed by atoms with E-state index in [9.17, 15) is 0 Å². The van der Waals surface area contributed by atoms with Crippen molar-refractivity contribution in [2.45, 2.75) is 97.2 Å². The molecule has 0 bridgehead atoms. The quantitative estimate of drug-likeness (QED) is 0.840. The van der Waals surface area contributed by atoms with Crippen LogP contribution in [-0.2, 0) is 0 Å². The molecule has 20 heavy (non-hydrogen) atoms. The highest BCUT2D eigenvalue weighted by atomic mass is 15.2. The van der Waals surface area contributed by atoms with Gasteiger partial charge in [0, 0.05) is 18.1 Å². The maximum atomic E-state index is 6.53. The fourth-order valence-corrected chi connectivity index (χ4v) is 4.34. The highest BCUT2D eigenvalue weighted by Gasteiger charge is 2.39. The summed E-state index contributed by atoms with van der Waals surface area (Å²) in [4.78, 5) is 2.77. The van der Waals surface area contributed by atoms with Crippen LogP contribution in [0.25, 0.3) is 0 Å². The summed E-state index contributed by atoms with van der Waals surface area (Å²) in [5.74, 6) is 0.854. The zero-order valence-electron chi connectivity index (χ0n) is 14.2. The van der Waals surface area contributed by atoms with Crippen LogP contribution < -0.4 is 5.73 Å². The summed E-state index contributed by atoms with van der Waals surface area (Å²) in [6.45, 7) is 11.0. The van der Waals surface area contributed by atoms with Crippen LogP contribution in [0.3, 0.4) is 0 Å². The van der Waals surface area contributed by atoms with E-state index in [-0.39, 0.29) is 0 Å². The molecule has 0 spiro atoms. The monoisotopic (exact) mass is 280 g/mol. The Morgan fingerprint density at radius 2 is 1.85 bits per heavy atom. The predicted octanol–water partition coefficient (Wildman–Crippen LogP) is 4.18. The third-order valence-corrected chi connectivity index (χ3v) is 6.42. The van der Waals surface area contributed by atoms with Crippen LogP contribution in [0.15, 0.2) is 0 Å². The van der Waals surface area contributed by atoms with E-state index in [4.69, 9.17) is 5.73 Å². The topological polar surface area (TPSA) is 29.3 Å². The molecule has 2 N–H and O–H groups in total. The smallest absolute Gasteiger partial charge is 0.0252 e. The van der Waals surface area contributed by atoms with Crippen molar-refractivity contribution in [1.29, 1.82) is 0 Å². The molecule has 118 valence electrons. The molecular formula is C18H36N2. The van der Waals surface area contributed by atoms with Gasteiger partial charge in [-0.25, -0.2) is 0 Å². The first kappa shape index (κ1) is 16.3. The van der Waals surface area contributed by atoms with Crippen molar-refractivity contribution >= 4 is 0 Å². The second kappa shape index (κ2) is 6.79. The lowest BCUT2D eigenvalue weighted by molar-refractivity contribution is 0.0414. The Bertz CT molecular complexity index is 300. The Kier molecular flexibility index (Phi) is 5.53. The Balaban J connectivity index is 2.07. The summed E-state index contributed by atoms with van der Waals surface area (Å²) in [7, 11) is 0.